The van der Waals surface area contributed by atoms with Crippen LogP contribution in [0.4, 0.5) is 13.2 Å². The minimum atomic E-state index is -4.62. The van der Waals surface area contributed by atoms with Gasteiger partial charge in [0.05, 0.1) is 6.20 Å². The van der Waals surface area contributed by atoms with Crippen molar-refractivity contribution in [2.24, 2.45) is 11.8 Å². The number of ether oxygens (including phenoxy) is 1. The predicted octanol–water partition coefficient (Wildman–Crippen LogP) is 3.86. The molecular weight excluding hydrogens is 377 g/mol. The summed E-state index contributed by atoms with van der Waals surface area (Å²) in [6.07, 6.45) is 3.25. The Morgan fingerprint density at radius 2 is 2.00 bits per heavy atom. The van der Waals surface area contributed by atoms with Crippen molar-refractivity contribution >= 4 is 22.8 Å². The van der Waals surface area contributed by atoms with Crippen LogP contribution in [0.2, 0.25) is 0 Å². The van der Waals surface area contributed by atoms with Crippen molar-refractivity contribution in [1.29, 1.82) is 0 Å². The zero-order valence-electron chi connectivity index (χ0n) is 14.9. The number of hydrogen-bond acceptors (Lipinski definition) is 5. The van der Waals surface area contributed by atoms with Crippen molar-refractivity contribution in [2.75, 3.05) is 6.61 Å². The molecule has 1 atom stereocenters. The first kappa shape index (κ1) is 18.8. The molecule has 1 unspecified atom stereocenters. The molecule has 9 heteroatoms. The van der Waals surface area contributed by atoms with Crippen molar-refractivity contribution in [1.82, 2.24) is 10.3 Å². The van der Waals surface area contributed by atoms with E-state index in [1.165, 1.54) is 25.1 Å². The number of aromatic nitrogens is 1. The molecule has 2 aromatic rings. The first-order valence-corrected chi connectivity index (χ1v) is 9.22. The van der Waals surface area contributed by atoms with E-state index in [9.17, 15) is 22.8 Å². The van der Waals surface area contributed by atoms with E-state index in [2.05, 4.69) is 15.0 Å². The SMILES string of the molecule is O=C(NC1CC2CCC1CC2)c1cc2c(C(=O)OCC(F)(F)F)coc2cn1. The zero-order chi connectivity index (χ0) is 19.9. The van der Waals surface area contributed by atoms with E-state index in [1.807, 2.05) is 0 Å². The topological polar surface area (TPSA) is 81.4 Å². The number of rotatable bonds is 4. The van der Waals surface area contributed by atoms with E-state index in [1.54, 1.807) is 0 Å². The number of nitrogens with zero attached hydrogens (tertiary/aromatic N) is 1. The number of alkyl halides is 3. The highest BCUT2D eigenvalue weighted by Crippen LogP contribution is 2.41. The number of esters is 1. The summed E-state index contributed by atoms with van der Waals surface area (Å²) in [4.78, 5) is 28.6. The lowest BCUT2D eigenvalue weighted by atomic mass is 9.68. The molecule has 150 valence electrons. The van der Waals surface area contributed by atoms with Gasteiger partial charge in [-0.3, -0.25) is 4.79 Å². The standard InChI is InChI=1S/C19H19F3N2O4/c20-19(21,22)9-28-18(26)13-8-27-16-7-23-15(6-12(13)16)17(25)24-14-5-10-1-3-11(14)4-2-10/h6-8,10-11,14H,1-5,9H2,(H,24,25). The number of pyridine rings is 1. The summed E-state index contributed by atoms with van der Waals surface area (Å²) in [6.45, 7) is -1.69. The normalized spacial score (nSPS) is 24.3. The highest BCUT2D eigenvalue weighted by atomic mass is 19.4. The minimum absolute atomic E-state index is 0.0835. The van der Waals surface area contributed by atoms with Crippen LogP contribution in [0, 0.1) is 11.8 Å². The zero-order valence-corrected chi connectivity index (χ0v) is 14.9. The predicted molar refractivity (Wildman–Crippen MR) is 91.7 cm³/mol. The maximum absolute atomic E-state index is 12.6. The first-order valence-electron chi connectivity index (χ1n) is 9.22. The summed E-state index contributed by atoms with van der Waals surface area (Å²) < 4.78 is 46.2. The summed E-state index contributed by atoms with van der Waals surface area (Å²) in [5.41, 5.74) is 0.0971. The minimum Gasteiger partial charge on any atom is -0.462 e. The van der Waals surface area contributed by atoms with Crippen molar-refractivity contribution in [3.05, 3.63) is 29.8 Å². The lowest BCUT2D eigenvalue weighted by Crippen LogP contribution is -2.47. The van der Waals surface area contributed by atoms with Crippen molar-refractivity contribution in [3.63, 3.8) is 0 Å². The molecule has 2 bridgehead atoms. The Kier molecular flexibility index (Phi) is 4.76. The molecule has 0 radical (unpaired) electrons. The molecule has 0 aliphatic heterocycles. The fraction of sp³-hybridized carbons (Fsp3) is 0.526. The third kappa shape index (κ3) is 3.83. The molecule has 3 fully saturated rings. The second-order valence-corrected chi connectivity index (χ2v) is 7.50. The fourth-order valence-electron chi connectivity index (χ4n) is 4.24. The van der Waals surface area contributed by atoms with Gasteiger partial charge in [0, 0.05) is 11.4 Å². The maximum atomic E-state index is 12.6. The van der Waals surface area contributed by atoms with E-state index < -0.39 is 18.8 Å². The highest BCUT2D eigenvalue weighted by Gasteiger charge is 2.36. The van der Waals surface area contributed by atoms with Gasteiger partial charge in [-0.1, -0.05) is 12.8 Å². The van der Waals surface area contributed by atoms with Crippen LogP contribution < -0.4 is 5.32 Å². The van der Waals surface area contributed by atoms with Gasteiger partial charge in [0.15, 0.2) is 12.2 Å². The molecule has 2 heterocycles. The summed E-state index contributed by atoms with van der Waals surface area (Å²) in [5.74, 6) is -0.414. The average Bonchev–Trinajstić information content (AvgIpc) is 3.10. The Hall–Kier alpha value is -2.58. The molecule has 0 aromatic carbocycles. The van der Waals surface area contributed by atoms with Gasteiger partial charge in [-0.25, -0.2) is 9.78 Å². The van der Waals surface area contributed by atoms with Gasteiger partial charge >= 0.3 is 12.1 Å². The molecule has 1 amide bonds. The summed E-state index contributed by atoms with van der Waals surface area (Å²) in [6, 6.07) is 1.46. The van der Waals surface area contributed by atoms with Crippen LogP contribution in [-0.2, 0) is 4.74 Å². The van der Waals surface area contributed by atoms with Crippen LogP contribution in [0.5, 0.6) is 0 Å². The molecule has 0 saturated heterocycles. The van der Waals surface area contributed by atoms with Gasteiger partial charge in [0.2, 0.25) is 0 Å². The van der Waals surface area contributed by atoms with E-state index in [-0.39, 0.29) is 34.2 Å². The molecule has 3 aliphatic carbocycles. The second-order valence-electron chi connectivity index (χ2n) is 7.50. The van der Waals surface area contributed by atoms with E-state index in [0.717, 1.165) is 25.5 Å². The summed E-state index contributed by atoms with van der Waals surface area (Å²) >= 11 is 0. The number of nitrogens with one attached hydrogen (secondary N) is 1. The van der Waals surface area contributed by atoms with Crippen LogP contribution in [0.3, 0.4) is 0 Å². The molecule has 2 aromatic heterocycles. The van der Waals surface area contributed by atoms with Gasteiger partial charge in [0.25, 0.3) is 5.91 Å². The van der Waals surface area contributed by atoms with Crippen molar-refractivity contribution < 1.29 is 31.9 Å². The van der Waals surface area contributed by atoms with Crippen molar-refractivity contribution in [2.45, 2.75) is 44.3 Å². The largest absolute Gasteiger partial charge is 0.462 e. The molecule has 6 nitrogen and oxygen atoms in total. The number of halogens is 3. The first-order chi connectivity index (χ1) is 13.3. The van der Waals surface area contributed by atoms with Gasteiger partial charge in [-0.05, 0) is 37.2 Å². The lowest BCUT2D eigenvalue weighted by molar-refractivity contribution is -0.161. The number of carbonyl (C=O) groups excluding carboxylic acids is 2. The third-order valence-corrected chi connectivity index (χ3v) is 5.65. The van der Waals surface area contributed by atoms with E-state index in [4.69, 9.17) is 4.42 Å². The van der Waals surface area contributed by atoms with Crippen LogP contribution in [-0.4, -0.2) is 35.7 Å². The van der Waals surface area contributed by atoms with Gasteiger partial charge in [-0.15, -0.1) is 0 Å². The molecule has 1 N–H and O–H groups in total. The Morgan fingerprint density at radius 1 is 1.25 bits per heavy atom. The maximum Gasteiger partial charge on any atom is 0.422 e. The number of fused-ring (bicyclic) bond motifs is 4. The molecule has 28 heavy (non-hydrogen) atoms. The number of furan rings is 1. The molecule has 3 saturated carbocycles. The molecule has 5 rings (SSSR count). The Morgan fingerprint density at radius 3 is 2.64 bits per heavy atom. The number of amides is 1. The lowest BCUT2D eigenvalue weighted by Gasteiger charge is -2.42. The highest BCUT2D eigenvalue weighted by molar-refractivity contribution is 6.05. The Bertz CT molecular complexity index is 900. The van der Waals surface area contributed by atoms with Gasteiger partial charge < -0.3 is 14.5 Å². The Balaban J connectivity index is 1.50. The van der Waals surface area contributed by atoms with E-state index in [0.29, 0.717) is 11.8 Å². The quantitative estimate of drug-likeness (QED) is 0.794. The molecule has 3 aliphatic rings. The average molecular weight is 396 g/mol. The summed E-state index contributed by atoms with van der Waals surface area (Å²) in [7, 11) is 0. The number of carbonyl (C=O) groups is 2. The molecular formula is C19H19F3N2O4. The van der Waals surface area contributed by atoms with Crippen LogP contribution in [0.1, 0.15) is 53.0 Å². The number of hydrogen-bond donors (Lipinski definition) is 1. The smallest absolute Gasteiger partial charge is 0.422 e. The van der Waals surface area contributed by atoms with Gasteiger partial charge in [0.1, 0.15) is 17.5 Å². The third-order valence-electron chi connectivity index (χ3n) is 5.65. The fourth-order valence-corrected chi connectivity index (χ4v) is 4.24. The van der Waals surface area contributed by atoms with E-state index >= 15 is 0 Å². The monoisotopic (exact) mass is 396 g/mol. The van der Waals surface area contributed by atoms with Crippen LogP contribution >= 0.6 is 0 Å². The second kappa shape index (κ2) is 7.10. The van der Waals surface area contributed by atoms with Gasteiger partial charge in [-0.2, -0.15) is 13.2 Å². The molecule has 0 spiro atoms. The summed E-state index contributed by atoms with van der Waals surface area (Å²) in [5, 5.41) is 3.21. The van der Waals surface area contributed by atoms with Crippen LogP contribution in [0.15, 0.2) is 22.9 Å². The van der Waals surface area contributed by atoms with Crippen molar-refractivity contribution in [3.8, 4) is 0 Å². The van der Waals surface area contributed by atoms with Crippen LogP contribution in [0.25, 0.3) is 11.0 Å². The Labute approximate surface area is 158 Å².